The number of aromatic nitrogens is 3. The Hall–Kier alpha value is -3.00. The molecule has 8 heteroatoms. The summed E-state index contributed by atoms with van der Waals surface area (Å²) >= 11 is 1.70. The first-order valence-corrected chi connectivity index (χ1v) is 10.3. The Balaban J connectivity index is 1.66. The summed E-state index contributed by atoms with van der Waals surface area (Å²) in [7, 11) is 3.28. The first kappa shape index (κ1) is 20.7. The summed E-state index contributed by atoms with van der Waals surface area (Å²) in [5, 5.41) is 3.18. The fourth-order valence-corrected chi connectivity index (χ4v) is 3.70. The molecule has 0 atom stereocenters. The highest BCUT2D eigenvalue weighted by molar-refractivity contribution is 7.97. The standard InChI is InChI=1S/C21H25N5O2S/c1-13-5-7-16(8-6-13)23-21-25-19(24-20(22)26-21)12-29-11-15-10-18(28-4)17(27-3)9-14(15)2/h5-10H,11-12H2,1-4H3,(H3,22,23,24,25,26). The van der Waals surface area contributed by atoms with Crippen LogP contribution in [0.3, 0.4) is 0 Å². The van der Waals surface area contributed by atoms with Crippen LogP contribution in [-0.4, -0.2) is 29.2 Å². The Bertz CT molecular complexity index is 980. The Morgan fingerprint density at radius 1 is 0.931 bits per heavy atom. The van der Waals surface area contributed by atoms with Gasteiger partial charge >= 0.3 is 0 Å². The molecule has 3 N–H and O–H groups in total. The summed E-state index contributed by atoms with van der Waals surface area (Å²) in [5.74, 6) is 4.14. The van der Waals surface area contributed by atoms with E-state index in [0.717, 1.165) is 28.5 Å². The third-order valence-electron chi connectivity index (χ3n) is 4.34. The highest BCUT2D eigenvalue weighted by atomic mass is 32.2. The van der Waals surface area contributed by atoms with Gasteiger partial charge < -0.3 is 20.5 Å². The lowest BCUT2D eigenvalue weighted by molar-refractivity contribution is 0.354. The van der Waals surface area contributed by atoms with E-state index in [9.17, 15) is 0 Å². The summed E-state index contributed by atoms with van der Waals surface area (Å²) in [6, 6.07) is 12.0. The van der Waals surface area contributed by atoms with Gasteiger partial charge in [-0.25, -0.2) is 0 Å². The number of ether oxygens (including phenoxy) is 2. The molecule has 7 nitrogen and oxygen atoms in total. The smallest absolute Gasteiger partial charge is 0.232 e. The number of rotatable bonds is 8. The molecule has 0 aliphatic carbocycles. The second-order valence-corrected chi connectivity index (χ2v) is 7.54. The maximum Gasteiger partial charge on any atom is 0.232 e. The molecule has 1 aromatic heterocycles. The number of nitrogens with zero attached hydrogens (tertiary/aromatic N) is 3. The van der Waals surface area contributed by atoms with Crippen LogP contribution in [0.4, 0.5) is 17.6 Å². The molecule has 0 amide bonds. The lowest BCUT2D eigenvalue weighted by atomic mass is 10.1. The van der Waals surface area contributed by atoms with Gasteiger partial charge in [0.15, 0.2) is 11.5 Å². The lowest BCUT2D eigenvalue weighted by Crippen LogP contribution is -2.06. The summed E-state index contributed by atoms with van der Waals surface area (Å²) in [5.41, 5.74) is 10.3. The number of nitrogens with two attached hydrogens (primary N) is 1. The minimum atomic E-state index is 0.201. The topological polar surface area (TPSA) is 95.2 Å². The number of nitrogen functional groups attached to an aromatic ring is 1. The van der Waals surface area contributed by atoms with Crippen molar-refractivity contribution in [1.82, 2.24) is 15.0 Å². The molecule has 0 aliphatic rings. The Morgan fingerprint density at radius 3 is 2.31 bits per heavy atom. The van der Waals surface area contributed by atoms with Crippen molar-refractivity contribution in [3.05, 3.63) is 58.9 Å². The predicted octanol–water partition coefficient (Wildman–Crippen LogP) is 4.26. The van der Waals surface area contributed by atoms with E-state index in [-0.39, 0.29) is 5.95 Å². The molecule has 2 aromatic carbocycles. The first-order chi connectivity index (χ1) is 14.0. The van der Waals surface area contributed by atoms with Crippen LogP contribution < -0.4 is 20.5 Å². The fourth-order valence-electron chi connectivity index (χ4n) is 2.75. The third kappa shape index (κ3) is 5.51. The average Bonchev–Trinajstić information content (AvgIpc) is 2.70. The maximum absolute atomic E-state index is 5.87. The van der Waals surface area contributed by atoms with E-state index < -0.39 is 0 Å². The molecule has 0 saturated heterocycles. The Kier molecular flexibility index (Phi) is 6.77. The molecule has 152 valence electrons. The summed E-state index contributed by atoms with van der Waals surface area (Å²) in [6.45, 7) is 4.10. The largest absolute Gasteiger partial charge is 0.493 e. The van der Waals surface area contributed by atoms with Crippen LogP contribution >= 0.6 is 11.8 Å². The molecule has 29 heavy (non-hydrogen) atoms. The number of benzene rings is 2. The summed E-state index contributed by atoms with van der Waals surface area (Å²) < 4.78 is 10.7. The number of hydrogen-bond acceptors (Lipinski definition) is 8. The molecule has 0 radical (unpaired) electrons. The monoisotopic (exact) mass is 411 g/mol. The summed E-state index contributed by atoms with van der Waals surface area (Å²) in [6.07, 6.45) is 0. The van der Waals surface area contributed by atoms with Crippen LogP contribution in [0.1, 0.15) is 22.5 Å². The van der Waals surface area contributed by atoms with Crippen LogP contribution in [0.5, 0.6) is 11.5 Å². The lowest BCUT2D eigenvalue weighted by Gasteiger charge is -2.12. The van der Waals surface area contributed by atoms with Gasteiger partial charge in [0.1, 0.15) is 5.82 Å². The van der Waals surface area contributed by atoms with E-state index in [0.29, 0.717) is 17.5 Å². The number of aryl methyl sites for hydroxylation is 2. The normalized spacial score (nSPS) is 10.6. The van der Waals surface area contributed by atoms with E-state index in [4.69, 9.17) is 15.2 Å². The molecule has 1 heterocycles. The van der Waals surface area contributed by atoms with Crippen LogP contribution in [0.25, 0.3) is 0 Å². The van der Waals surface area contributed by atoms with Crippen molar-refractivity contribution in [2.75, 3.05) is 25.3 Å². The minimum absolute atomic E-state index is 0.201. The second-order valence-electron chi connectivity index (χ2n) is 6.55. The Labute approximate surface area is 175 Å². The van der Waals surface area contributed by atoms with Crippen LogP contribution in [0.2, 0.25) is 0 Å². The molecular weight excluding hydrogens is 386 g/mol. The van der Waals surface area contributed by atoms with Crippen molar-refractivity contribution < 1.29 is 9.47 Å². The van der Waals surface area contributed by atoms with E-state index in [1.807, 2.05) is 43.3 Å². The van der Waals surface area contributed by atoms with Crippen molar-refractivity contribution in [2.45, 2.75) is 25.4 Å². The maximum atomic E-state index is 5.87. The van der Waals surface area contributed by atoms with Gasteiger partial charge in [-0.05, 0) is 49.2 Å². The zero-order valence-corrected chi connectivity index (χ0v) is 17.8. The van der Waals surface area contributed by atoms with Crippen LogP contribution in [0.15, 0.2) is 36.4 Å². The van der Waals surface area contributed by atoms with Gasteiger partial charge in [0.2, 0.25) is 11.9 Å². The average molecular weight is 412 g/mol. The quantitative estimate of drug-likeness (QED) is 0.568. The summed E-state index contributed by atoms with van der Waals surface area (Å²) in [4.78, 5) is 12.9. The van der Waals surface area contributed by atoms with Gasteiger partial charge in [-0.1, -0.05) is 17.7 Å². The van der Waals surface area contributed by atoms with Gasteiger partial charge in [-0.15, -0.1) is 11.8 Å². The first-order valence-electron chi connectivity index (χ1n) is 9.12. The molecular formula is C21H25N5O2S. The zero-order valence-electron chi connectivity index (χ0n) is 17.0. The van der Waals surface area contributed by atoms with E-state index in [1.54, 1.807) is 26.0 Å². The molecule has 0 aliphatic heterocycles. The molecule has 0 unspecified atom stereocenters. The van der Waals surface area contributed by atoms with Crippen molar-refractivity contribution >= 4 is 29.3 Å². The molecule has 0 fully saturated rings. The van der Waals surface area contributed by atoms with Gasteiger partial charge in [0.05, 0.1) is 20.0 Å². The highest BCUT2D eigenvalue weighted by Crippen LogP contribution is 2.32. The van der Waals surface area contributed by atoms with Crippen molar-refractivity contribution in [3.63, 3.8) is 0 Å². The van der Waals surface area contributed by atoms with Gasteiger partial charge in [0.25, 0.3) is 0 Å². The second kappa shape index (κ2) is 9.47. The van der Waals surface area contributed by atoms with Gasteiger partial charge in [-0.3, -0.25) is 0 Å². The van der Waals surface area contributed by atoms with Crippen molar-refractivity contribution in [2.24, 2.45) is 0 Å². The van der Waals surface area contributed by atoms with Crippen LogP contribution in [0, 0.1) is 13.8 Å². The molecule has 0 saturated carbocycles. The molecule has 3 aromatic rings. The number of anilines is 3. The predicted molar refractivity (Wildman–Crippen MR) is 118 cm³/mol. The number of nitrogens with one attached hydrogen (secondary N) is 1. The van der Waals surface area contributed by atoms with Crippen LogP contribution in [-0.2, 0) is 11.5 Å². The Morgan fingerprint density at radius 2 is 1.62 bits per heavy atom. The van der Waals surface area contributed by atoms with Crippen molar-refractivity contribution in [3.8, 4) is 11.5 Å². The SMILES string of the molecule is COc1cc(C)c(CSCc2nc(N)nc(Nc3ccc(C)cc3)n2)cc1OC. The highest BCUT2D eigenvalue weighted by Gasteiger charge is 2.10. The van der Waals surface area contributed by atoms with Gasteiger partial charge in [0, 0.05) is 11.4 Å². The van der Waals surface area contributed by atoms with E-state index in [2.05, 4.69) is 27.2 Å². The molecule has 0 bridgehead atoms. The molecule has 0 spiro atoms. The van der Waals surface area contributed by atoms with E-state index >= 15 is 0 Å². The van der Waals surface area contributed by atoms with E-state index in [1.165, 1.54) is 11.1 Å². The third-order valence-corrected chi connectivity index (χ3v) is 5.32. The minimum Gasteiger partial charge on any atom is -0.493 e. The number of methoxy groups -OCH3 is 2. The number of thioether (sulfide) groups is 1. The zero-order chi connectivity index (χ0) is 20.8. The van der Waals surface area contributed by atoms with Crippen molar-refractivity contribution in [1.29, 1.82) is 0 Å². The number of hydrogen-bond donors (Lipinski definition) is 2. The van der Waals surface area contributed by atoms with Gasteiger partial charge in [-0.2, -0.15) is 15.0 Å². The molecule has 3 rings (SSSR count). The fraction of sp³-hybridized carbons (Fsp3) is 0.286.